The van der Waals surface area contributed by atoms with Crippen LogP contribution in [0.2, 0.25) is 0 Å². The van der Waals surface area contributed by atoms with Gasteiger partial charge in [0.1, 0.15) is 5.69 Å². The number of aromatic nitrogens is 2. The summed E-state index contributed by atoms with van der Waals surface area (Å²) in [6.45, 7) is 3.60. The number of nitrogens with zero attached hydrogens (tertiary/aromatic N) is 1. The lowest BCUT2D eigenvalue weighted by Gasteiger charge is -2.28. The molecular formula is C17H21N3O2S. The van der Waals surface area contributed by atoms with Crippen LogP contribution in [-0.2, 0) is 4.74 Å². The molecule has 1 atom stereocenters. The number of nitrogens with one attached hydrogen (secondary N) is 2. The fraction of sp³-hybridized carbons (Fsp3) is 0.412. The number of carbonyl (C=O) groups is 1. The second kappa shape index (κ2) is 7.10. The number of benzene rings is 1. The molecule has 0 unspecified atom stereocenters. The Balaban J connectivity index is 1.79. The highest BCUT2D eigenvalue weighted by atomic mass is 32.1. The quantitative estimate of drug-likeness (QED) is 0.847. The van der Waals surface area contributed by atoms with Crippen LogP contribution in [0, 0.1) is 10.7 Å². The van der Waals surface area contributed by atoms with Crippen molar-refractivity contribution >= 4 is 18.1 Å². The number of rotatable bonds is 4. The molecule has 1 aromatic heterocycles. The summed E-state index contributed by atoms with van der Waals surface area (Å²) >= 11 is 5.32. The summed E-state index contributed by atoms with van der Waals surface area (Å²) in [5.74, 6) is 0.347. The number of carbonyl (C=O) groups excluding carboxylic acids is 1. The molecule has 6 heteroatoms. The average Bonchev–Trinajstić information content (AvgIpc) is 2.98. The van der Waals surface area contributed by atoms with E-state index in [1.54, 1.807) is 10.8 Å². The predicted octanol–water partition coefficient (Wildman–Crippen LogP) is 3.08. The maximum Gasteiger partial charge on any atom is 0.270 e. The Morgan fingerprint density at radius 2 is 2.04 bits per heavy atom. The molecule has 2 N–H and O–H groups in total. The van der Waals surface area contributed by atoms with Crippen LogP contribution >= 0.6 is 12.2 Å². The zero-order chi connectivity index (χ0) is 16.2. The molecular weight excluding hydrogens is 310 g/mol. The highest BCUT2D eigenvalue weighted by Gasteiger charge is 2.23. The topological polar surface area (TPSA) is 59.0 Å². The number of H-pyrrole nitrogens is 1. The van der Waals surface area contributed by atoms with Gasteiger partial charge in [0.2, 0.25) is 0 Å². The smallest absolute Gasteiger partial charge is 0.270 e. The molecule has 2 heterocycles. The molecule has 0 bridgehead atoms. The third-order valence-electron chi connectivity index (χ3n) is 4.36. The minimum absolute atomic E-state index is 0.110. The van der Waals surface area contributed by atoms with E-state index in [1.165, 1.54) is 0 Å². The van der Waals surface area contributed by atoms with E-state index in [-0.39, 0.29) is 11.9 Å². The molecule has 0 spiro atoms. The average molecular weight is 331 g/mol. The zero-order valence-corrected chi connectivity index (χ0v) is 13.9. The third kappa shape index (κ3) is 3.54. The maximum absolute atomic E-state index is 12.7. The second-order valence-corrected chi connectivity index (χ2v) is 6.25. The van der Waals surface area contributed by atoms with Gasteiger partial charge < -0.3 is 15.0 Å². The molecule has 0 aliphatic carbocycles. The van der Waals surface area contributed by atoms with Crippen LogP contribution in [0.15, 0.2) is 36.5 Å². The maximum atomic E-state index is 12.7. The van der Waals surface area contributed by atoms with Gasteiger partial charge in [-0.3, -0.25) is 9.36 Å². The van der Waals surface area contributed by atoms with E-state index < -0.39 is 0 Å². The van der Waals surface area contributed by atoms with E-state index in [9.17, 15) is 4.79 Å². The predicted molar refractivity (Wildman–Crippen MR) is 91.4 cm³/mol. The molecule has 1 aliphatic heterocycles. The summed E-state index contributed by atoms with van der Waals surface area (Å²) in [4.78, 5) is 15.6. The van der Waals surface area contributed by atoms with Crippen molar-refractivity contribution in [2.75, 3.05) is 13.2 Å². The van der Waals surface area contributed by atoms with Crippen molar-refractivity contribution in [1.82, 2.24) is 14.9 Å². The van der Waals surface area contributed by atoms with Gasteiger partial charge in [0, 0.05) is 31.1 Å². The first-order chi connectivity index (χ1) is 11.2. The van der Waals surface area contributed by atoms with Gasteiger partial charge in [-0.05, 0) is 50.0 Å². The Bertz CT molecular complexity index is 717. The lowest BCUT2D eigenvalue weighted by Crippen LogP contribution is -2.40. The van der Waals surface area contributed by atoms with Gasteiger partial charge in [-0.2, -0.15) is 0 Å². The van der Waals surface area contributed by atoms with Gasteiger partial charge in [-0.25, -0.2) is 0 Å². The molecule has 122 valence electrons. The second-order valence-electron chi connectivity index (χ2n) is 5.86. The molecule has 1 aromatic carbocycles. The largest absolute Gasteiger partial charge is 0.381 e. The lowest BCUT2D eigenvalue weighted by molar-refractivity contribution is 0.0537. The highest BCUT2D eigenvalue weighted by molar-refractivity contribution is 7.71. The Kier molecular flexibility index (Phi) is 4.93. The summed E-state index contributed by atoms with van der Waals surface area (Å²) in [7, 11) is 0. The van der Waals surface area contributed by atoms with Gasteiger partial charge in [-0.15, -0.1) is 0 Å². The van der Waals surface area contributed by atoms with Crippen molar-refractivity contribution < 1.29 is 9.53 Å². The Morgan fingerprint density at radius 1 is 1.35 bits per heavy atom. The molecule has 0 saturated carbocycles. The van der Waals surface area contributed by atoms with Crippen molar-refractivity contribution in [3.63, 3.8) is 0 Å². The van der Waals surface area contributed by atoms with Crippen molar-refractivity contribution in [2.45, 2.75) is 25.8 Å². The van der Waals surface area contributed by atoms with Crippen molar-refractivity contribution in [3.8, 4) is 5.69 Å². The van der Waals surface area contributed by atoms with Crippen molar-refractivity contribution in [2.24, 2.45) is 5.92 Å². The van der Waals surface area contributed by atoms with E-state index in [1.807, 2.05) is 30.3 Å². The molecule has 3 rings (SSSR count). The van der Waals surface area contributed by atoms with Gasteiger partial charge in [0.25, 0.3) is 5.91 Å². The highest BCUT2D eigenvalue weighted by Crippen LogP contribution is 2.19. The monoisotopic (exact) mass is 331 g/mol. The lowest BCUT2D eigenvalue weighted by atomic mass is 9.93. The summed E-state index contributed by atoms with van der Waals surface area (Å²) < 4.78 is 7.66. The van der Waals surface area contributed by atoms with Crippen LogP contribution in [0.3, 0.4) is 0 Å². The molecule has 1 saturated heterocycles. The molecule has 2 aromatic rings. The summed E-state index contributed by atoms with van der Waals surface area (Å²) in [6.07, 6.45) is 3.64. The molecule has 1 fully saturated rings. The number of hydrogen-bond acceptors (Lipinski definition) is 3. The molecule has 0 radical (unpaired) electrons. The molecule has 1 amide bonds. The summed E-state index contributed by atoms with van der Waals surface area (Å²) in [6, 6.07) is 9.77. The van der Waals surface area contributed by atoms with E-state index in [0.29, 0.717) is 16.4 Å². The fourth-order valence-electron chi connectivity index (χ4n) is 2.98. The number of imidazole rings is 1. The number of hydrogen-bond donors (Lipinski definition) is 2. The van der Waals surface area contributed by atoms with Crippen LogP contribution < -0.4 is 5.32 Å². The summed E-state index contributed by atoms with van der Waals surface area (Å²) in [5.41, 5.74) is 1.41. The number of aromatic amines is 1. The van der Waals surface area contributed by atoms with Gasteiger partial charge in [0.15, 0.2) is 4.77 Å². The van der Waals surface area contributed by atoms with Gasteiger partial charge >= 0.3 is 0 Å². The Morgan fingerprint density at radius 3 is 2.74 bits per heavy atom. The minimum Gasteiger partial charge on any atom is -0.381 e. The summed E-state index contributed by atoms with van der Waals surface area (Å²) in [5, 5.41) is 3.11. The van der Waals surface area contributed by atoms with E-state index in [0.717, 1.165) is 31.7 Å². The van der Waals surface area contributed by atoms with E-state index in [2.05, 4.69) is 17.2 Å². The third-order valence-corrected chi connectivity index (χ3v) is 4.66. The van der Waals surface area contributed by atoms with Crippen LogP contribution in [-0.4, -0.2) is 34.7 Å². The van der Waals surface area contributed by atoms with Crippen LogP contribution in [0.25, 0.3) is 5.69 Å². The fourth-order valence-corrected chi connectivity index (χ4v) is 3.25. The number of para-hydroxylation sites is 1. The minimum atomic E-state index is -0.111. The Hall–Kier alpha value is -1.92. The van der Waals surface area contributed by atoms with Crippen LogP contribution in [0.4, 0.5) is 0 Å². The Labute approximate surface area is 140 Å². The number of ether oxygens (including phenoxy) is 1. The van der Waals surface area contributed by atoms with Crippen molar-refractivity contribution in [3.05, 3.63) is 47.0 Å². The van der Waals surface area contributed by atoms with Crippen LogP contribution in [0.1, 0.15) is 30.3 Å². The van der Waals surface area contributed by atoms with Gasteiger partial charge in [-0.1, -0.05) is 18.2 Å². The molecule has 1 aliphatic rings. The van der Waals surface area contributed by atoms with Crippen molar-refractivity contribution in [1.29, 1.82) is 0 Å². The normalized spacial score (nSPS) is 16.9. The zero-order valence-electron chi connectivity index (χ0n) is 13.1. The van der Waals surface area contributed by atoms with Crippen LogP contribution in [0.5, 0.6) is 0 Å². The number of amides is 1. The van der Waals surface area contributed by atoms with E-state index in [4.69, 9.17) is 17.0 Å². The molecule has 23 heavy (non-hydrogen) atoms. The first-order valence-corrected chi connectivity index (χ1v) is 8.32. The standard InChI is InChI=1S/C17H21N3O2S/c1-12(13-7-9-22-10-8-13)19-16(21)15-11-18-17(23)20(15)14-5-3-2-4-6-14/h2-6,11-13H,7-10H2,1H3,(H,18,23)(H,19,21)/t12-/m1/s1. The van der Waals surface area contributed by atoms with Gasteiger partial charge in [0.05, 0.1) is 0 Å². The first-order valence-electron chi connectivity index (χ1n) is 7.91. The molecule has 5 nitrogen and oxygen atoms in total. The first kappa shape index (κ1) is 16.0. The SMILES string of the molecule is C[C@@H](NC(=O)c1c[nH]c(=S)n1-c1ccccc1)C1CCOCC1. The van der Waals surface area contributed by atoms with E-state index >= 15 is 0 Å².